The first kappa shape index (κ1) is 28.1. The van der Waals surface area contributed by atoms with E-state index < -0.39 is 6.29 Å². The number of para-hydroxylation sites is 1. The van der Waals surface area contributed by atoms with Gasteiger partial charge in [0.05, 0.1) is 53.8 Å². The van der Waals surface area contributed by atoms with Gasteiger partial charge >= 0.3 is 0 Å². The maximum absolute atomic E-state index is 6.52. The van der Waals surface area contributed by atoms with Gasteiger partial charge < -0.3 is 33.2 Å². The lowest BCUT2D eigenvalue weighted by atomic mass is 9.91. The van der Waals surface area contributed by atoms with Gasteiger partial charge in [-0.3, -0.25) is 0 Å². The van der Waals surface area contributed by atoms with Crippen LogP contribution in [0.1, 0.15) is 29.2 Å². The van der Waals surface area contributed by atoms with Crippen molar-refractivity contribution in [2.24, 2.45) is 5.92 Å². The Morgan fingerprint density at radius 1 is 0.718 bits per heavy atom. The summed E-state index contributed by atoms with van der Waals surface area (Å²) in [5.41, 5.74) is 2.83. The molecule has 0 unspecified atom stereocenters. The minimum Gasteiger partial charge on any atom is -0.496 e. The van der Waals surface area contributed by atoms with Crippen LogP contribution >= 0.6 is 0 Å². The van der Waals surface area contributed by atoms with Crippen molar-refractivity contribution in [1.29, 1.82) is 0 Å². The van der Waals surface area contributed by atoms with Crippen molar-refractivity contribution in [3.05, 3.63) is 89.5 Å². The SMILES string of the molecule is COc1ccccc1/C=C/[C@H]1OC[C@H](C/C=C/c2c(OC)cccc2OC)[C@@H](c2ccc(OC)c(OC)c2)O1. The molecule has 206 valence electrons. The molecule has 1 saturated heterocycles. The van der Waals surface area contributed by atoms with E-state index in [1.54, 1.807) is 35.5 Å². The molecule has 0 radical (unpaired) electrons. The highest BCUT2D eigenvalue weighted by Gasteiger charge is 2.32. The van der Waals surface area contributed by atoms with E-state index in [-0.39, 0.29) is 12.0 Å². The Bertz CT molecular complexity index is 1260. The maximum Gasteiger partial charge on any atom is 0.177 e. The van der Waals surface area contributed by atoms with Gasteiger partial charge in [0.25, 0.3) is 0 Å². The molecule has 39 heavy (non-hydrogen) atoms. The molecule has 1 aliphatic heterocycles. The van der Waals surface area contributed by atoms with Gasteiger partial charge in [0.1, 0.15) is 17.2 Å². The zero-order valence-electron chi connectivity index (χ0n) is 23.1. The summed E-state index contributed by atoms with van der Waals surface area (Å²) in [6.45, 7) is 0.507. The van der Waals surface area contributed by atoms with E-state index in [9.17, 15) is 0 Å². The van der Waals surface area contributed by atoms with Crippen LogP contribution < -0.4 is 23.7 Å². The van der Waals surface area contributed by atoms with E-state index in [1.165, 1.54) is 0 Å². The largest absolute Gasteiger partial charge is 0.496 e. The molecule has 7 nitrogen and oxygen atoms in total. The van der Waals surface area contributed by atoms with E-state index >= 15 is 0 Å². The zero-order valence-corrected chi connectivity index (χ0v) is 23.1. The molecule has 3 atom stereocenters. The highest BCUT2D eigenvalue weighted by atomic mass is 16.7. The van der Waals surface area contributed by atoms with Crippen molar-refractivity contribution in [3.63, 3.8) is 0 Å². The molecule has 3 aromatic carbocycles. The molecule has 0 saturated carbocycles. The number of methoxy groups -OCH3 is 5. The molecular weight excluding hydrogens is 496 g/mol. The highest BCUT2D eigenvalue weighted by Crippen LogP contribution is 2.39. The van der Waals surface area contributed by atoms with Crippen LogP contribution in [0.2, 0.25) is 0 Å². The molecule has 0 aromatic heterocycles. The fourth-order valence-corrected chi connectivity index (χ4v) is 4.66. The van der Waals surface area contributed by atoms with Crippen molar-refractivity contribution in [2.75, 3.05) is 42.2 Å². The van der Waals surface area contributed by atoms with Crippen LogP contribution in [0.15, 0.2) is 72.8 Å². The number of hydrogen-bond donors (Lipinski definition) is 0. The second-order valence-corrected chi connectivity index (χ2v) is 8.95. The average molecular weight is 533 g/mol. The summed E-state index contributed by atoms with van der Waals surface area (Å²) < 4.78 is 40.2. The van der Waals surface area contributed by atoms with Crippen LogP contribution in [-0.2, 0) is 9.47 Å². The Kier molecular flexibility index (Phi) is 9.89. The third kappa shape index (κ3) is 6.74. The van der Waals surface area contributed by atoms with Crippen molar-refractivity contribution >= 4 is 12.2 Å². The third-order valence-electron chi connectivity index (χ3n) is 6.68. The predicted molar refractivity (Wildman–Crippen MR) is 152 cm³/mol. The van der Waals surface area contributed by atoms with E-state index in [0.717, 1.165) is 33.9 Å². The van der Waals surface area contributed by atoms with Crippen LogP contribution in [0.3, 0.4) is 0 Å². The Labute approximate surface area is 230 Å². The van der Waals surface area contributed by atoms with Gasteiger partial charge in [-0.1, -0.05) is 48.6 Å². The van der Waals surface area contributed by atoms with Gasteiger partial charge in [0.15, 0.2) is 17.8 Å². The molecule has 0 bridgehead atoms. The number of benzene rings is 3. The lowest BCUT2D eigenvalue weighted by Crippen LogP contribution is -2.33. The van der Waals surface area contributed by atoms with Crippen LogP contribution in [-0.4, -0.2) is 48.4 Å². The molecule has 0 spiro atoms. The first-order valence-corrected chi connectivity index (χ1v) is 12.8. The van der Waals surface area contributed by atoms with Crippen LogP contribution in [0.4, 0.5) is 0 Å². The van der Waals surface area contributed by atoms with Gasteiger partial charge in [-0.25, -0.2) is 0 Å². The Morgan fingerprint density at radius 3 is 2.08 bits per heavy atom. The highest BCUT2D eigenvalue weighted by molar-refractivity contribution is 5.64. The molecule has 0 amide bonds. The second kappa shape index (κ2) is 13.7. The van der Waals surface area contributed by atoms with Crippen molar-refractivity contribution < 1.29 is 33.2 Å². The fourth-order valence-electron chi connectivity index (χ4n) is 4.66. The summed E-state index contributed by atoms with van der Waals surface area (Å²) in [6, 6.07) is 19.4. The summed E-state index contributed by atoms with van der Waals surface area (Å²) in [6.07, 6.45) is 7.95. The van der Waals surface area contributed by atoms with Crippen LogP contribution in [0.5, 0.6) is 28.7 Å². The summed E-state index contributed by atoms with van der Waals surface area (Å²) in [7, 11) is 8.22. The lowest BCUT2D eigenvalue weighted by Gasteiger charge is -2.35. The van der Waals surface area contributed by atoms with Crippen LogP contribution in [0, 0.1) is 5.92 Å². The van der Waals surface area contributed by atoms with E-state index in [4.69, 9.17) is 33.2 Å². The lowest BCUT2D eigenvalue weighted by molar-refractivity contribution is -0.215. The van der Waals surface area contributed by atoms with E-state index in [0.29, 0.717) is 24.5 Å². The van der Waals surface area contributed by atoms with Gasteiger partial charge in [-0.05, 0) is 48.4 Å². The minimum absolute atomic E-state index is 0.0518. The first-order chi connectivity index (χ1) is 19.1. The van der Waals surface area contributed by atoms with Gasteiger partial charge in [-0.2, -0.15) is 0 Å². The standard InChI is InChI=1S/C32H36O7/c1-33-26-13-7-6-10-22(26)17-19-31-38-21-24(11-8-12-25-27(34-2)14-9-15-28(25)35-3)32(39-31)23-16-18-29(36-4)30(20-23)37-5/h6-10,12-20,24,31-32H,11,21H2,1-5H3/b12-8+,19-17+/t24-,31-,32+/m0/s1. The number of allylic oxidation sites excluding steroid dienone is 1. The Balaban J connectivity index is 1.59. The summed E-state index contributed by atoms with van der Waals surface area (Å²) >= 11 is 0. The number of ether oxygens (including phenoxy) is 7. The minimum atomic E-state index is -0.525. The van der Waals surface area contributed by atoms with Gasteiger partial charge in [-0.15, -0.1) is 0 Å². The van der Waals surface area contributed by atoms with E-state index in [2.05, 4.69) is 6.08 Å². The molecule has 1 heterocycles. The van der Waals surface area contributed by atoms with Gasteiger partial charge in [0.2, 0.25) is 0 Å². The smallest absolute Gasteiger partial charge is 0.177 e. The molecule has 3 aromatic rings. The molecule has 0 N–H and O–H groups in total. The molecule has 4 rings (SSSR count). The summed E-state index contributed by atoms with van der Waals surface area (Å²) in [5, 5.41) is 0. The number of hydrogen-bond acceptors (Lipinski definition) is 7. The molecule has 0 aliphatic carbocycles. The molecule has 1 aliphatic rings. The molecule has 7 heteroatoms. The topological polar surface area (TPSA) is 64.6 Å². The monoisotopic (exact) mass is 532 g/mol. The Morgan fingerprint density at radius 2 is 1.38 bits per heavy atom. The molecular formula is C32H36O7. The molecule has 1 fully saturated rings. The quantitative estimate of drug-likeness (QED) is 0.276. The maximum atomic E-state index is 6.52. The van der Waals surface area contributed by atoms with Crippen molar-refractivity contribution in [3.8, 4) is 28.7 Å². The first-order valence-electron chi connectivity index (χ1n) is 12.8. The second-order valence-electron chi connectivity index (χ2n) is 8.95. The zero-order chi connectivity index (χ0) is 27.6. The number of rotatable bonds is 11. The Hall–Kier alpha value is -3.94. The predicted octanol–water partition coefficient (Wildman–Crippen LogP) is 6.58. The summed E-state index contributed by atoms with van der Waals surface area (Å²) in [4.78, 5) is 0. The normalized spacial score (nSPS) is 19.3. The van der Waals surface area contributed by atoms with E-state index in [1.807, 2.05) is 78.9 Å². The fraction of sp³-hybridized carbons (Fsp3) is 0.312. The average Bonchev–Trinajstić information content (AvgIpc) is 3.00. The summed E-state index contributed by atoms with van der Waals surface area (Å²) in [5.74, 6) is 3.66. The third-order valence-corrected chi connectivity index (χ3v) is 6.68. The van der Waals surface area contributed by atoms with Gasteiger partial charge in [0, 0.05) is 11.5 Å². The van der Waals surface area contributed by atoms with Crippen molar-refractivity contribution in [1.82, 2.24) is 0 Å². The van der Waals surface area contributed by atoms with Crippen LogP contribution in [0.25, 0.3) is 12.2 Å². The van der Waals surface area contributed by atoms with Crippen molar-refractivity contribution in [2.45, 2.75) is 18.8 Å².